The third-order valence-electron chi connectivity index (χ3n) is 2.61. The fourth-order valence-corrected chi connectivity index (χ4v) is 1.32. The van der Waals surface area contributed by atoms with Crippen molar-refractivity contribution in [2.24, 2.45) is 5.41 Å². The maximum Gasteiger partial charge on any atom is 0.312 e. The van der Waals surface area contributed by atoms with Crippen LogP contribution in [0.15, 0.2) is 18.2 Å². The minimum atomic E-state index is -1.01. The molecule has 5 heteroatoms. The van der Waals surface area contributed by atoms with Crippen LogP contribution in [0.5, 0.6) is 11.5 Å². The van der Waals surface area contributed by atoms with Gasteiger partial charge in [-0.05, 0) is 19.9 Å². The first kappa shape index (κ1) is 14.3. The van der Waals surface area contributed by atoms with Gasteiger partial charge in [-0.25, -0.2) is 0 Å². The molecule has 0 aromatic heterocycles. The Kier molecular flexibility index (Phi) is 4.55. The van der Waals surface area contributed by atoms with Crippen molar-refractivity contribution in [1.82, 2.24) is 0 Å². The third kappa shape index (κ3) is 3.13. The van der Waals surface area contributed by atoms with Gasteiger partial charge in [-0.15, -0.1) is 0 Å². The number of carbonyl (C=O) groups is 1. The Morgan fingerprint density at radius 2 is 2.06 bits per heavy atom. The summed E-state index contributed by atoms with van der Waals surface area (Å²) >= 11 is 0. The molecule has 0 spiro atoms. The monoisotopic (exact) mass is 254 g/mol. The molecule has 2 N–H and O–H groups in total. The molecule has 5 nitrogen and oxygen atoms in total. The van der Waals surface area contributed by atoms with Crippen molar-refractivity contribution in [1.29, 1.82) is 0 Å². The molecule has 0 atom stereocenters. The number of aliphatic hydroxyl groups is 1. The second kappa shape index (κ2) is 5.73. The molecule has 0 saturated carbocycles. The van der Waals surface area contributed by atoms with E-state index in [9.17, 15) is 9.90 Å². The number of rotatable bonds is 6. The van der Waals surface area contributed by atoms with Gasteiger partial charge in [-0.1, -0.05) is 12.1 Å². The Bertz CT molecular complexity index is 403. The van der Waals surface area contributed by atoms with Gasteiger partial charge in [0.05, 0.1) is 19.1 Å². The molecule has 0 amide bonds. The number of benzene rings is 1. The topological polar surface area (TPSA) is 76.0 Å². The summed E-state index contributed by atoms with van der Waals surface area (Å²) in [4.78, 5) is 11.0. The molecule has 1 aromatic rings. The summed E-state index contributed by atoms with van der Waals surface area (Å²) < 4.78 is 10.6. The van der Waals surface area contributed by atoms with Crippen molar-refractivity contribution < 1.29 is 24.5 Å². The molecule has 1 rings (SSSR count). The average molecular weight is 254 g/mol. The molecule has 0 bridgehead atoms. The van der Waals surface area contributed by atoms with E-state index in [1.807, 2.05) is 0 Å². The number of carboxylic acid groups (broad SMARTS) is 1. The summed E-state index contributed by atoms with van der Waals surface area (Å²) in [5.74, 6) is -0.0810. The van der Waals surface area contributed by atoms with E-state index < -0.39 is 11.4 Å². The van der Waals surface area contributed by atoms with Crippen LogP contribution in [0, 0.1) is 5.41 Å². The number of ether oxygens (including phenoxy) is 2. The van der Waals surface area contributed by atoms with E-state index in [-0.39, 0.29) is 13.2 Å². The van der Waals surface area contributed by atoms with Crippen LogP contribution in [-0.2, 0) is 11.4 Å². The van der Waals surface area contributed by atoms with E-state index in [4.69, 9.17) is 14.6 Å². The fraction of sp³-hybridized carbons (Fsp3) is 0.462. The minimum absolute atomic E-state index is 0.00426. The molecule has 0 aliphatic heterocycles. The molecule has 1 aromatic carbocycles. The number of methoxy groups -OCH3 is 1. The smallest absolute Gasteiger partial charge is 0.312 e. The fourth-order valence-electron chi connectivity index (χ4n) is 1.32. The van der Waals surface area contributed by atoms with Crippen molar-refractivity contribution in [3.8, 4) is 11.5 Å². The van der Waals surface area contributed by atoms with Crippen LogP contribution >= 0.6 is 0 Å². The van der Waals surface area contributed by atoms with E-state index in [2.05, 4.69) is 0 Å². The molecule has 0 radical (unpaired) electrons. The predicted molar refractivity (Wildman–Crippen MR) is 65.8 cm³/mol. The van der Waals surface area contributed by atoms with Gasteiger partial charge in [0.1, 0.15) is 6.61 Å². The second-order valence-corrected chi connectivity index (χ2v) is 4.58. The molecule has 0 unspecified atom stereocenters. The van der Waals surface area contributed by atoms with Gasteiger partial charge in [0.2, 0.25) is 0 Å². The van der Waals surface area contributed by atoms with E-state index in [0.717, 1.165) is 0 Å². The molecule has 0 aliphatic carbocycles. The van der Waals surface area contributed by atoms with Crippen LogP contribution in [-0.4, -0.2) is 29.9 Å². The highest BCUT2D eigenvalue weighted by Crippen LogP contribution is 2.32. The Hall–Kier alpha value is -1.75. The van der Waals surface area contributed by atoms with Crippen molar-refractivity contribution in [3.63, 3.8) is 0 Å². The standard InChI is InChI=1S/C13H18O5/c1-13(2,12(15)16)8-18-11-9(7-14)5-4-6-10(11)17-3/h4-6,14H,7-8H2,1-3H3,(H,15,16). The zero-order valence-electron chi connectivity index (χ0n) is 10.8. The summed E-state index contributed by atoms with van der Waals surface area (Å²) in [7, 11) is 1.49. The van der Waals surface area contributed by atoms with Gasteiger partial charge < -0.3 is 19.7 Å². The van der Waals surface area contributed by atoms with Gasteiger partial charge in [0, 0.05) is 5.56 Å². The lowest BCUT2D eigenvalue weighted by Crippen LogP contribution is -2.31. The number of aliphatic hydroxyl groups excluding tert-OH is 1. The van der Waals surface area contributed by atoms with Gasteiger partial charge in [-0.2, -0.15) is 0 Å². The molecular formula is C13H18O5. The summed E-state index contributed by atoms with van der Waals surface area (Å²) in [6.07, 6.45) is 0. The quantitative estimate of drug-likeness (QED) is 0.807. The van der Waals surface area contributed by atoms with Crippen molar-refractivity contribution in [2.75, 3.05) is 13.7 Å². The highest BCUT2D eigenvalue weighted by molar-refractivity contribution is 5.73. The van der Waals surface area contributed by atoms with Crippen LogP contribution in [0.2, 0.25) is 0 Å². The number of aliphatic carboxylic acids is 1. The minimum Gasteiger partial charge on any atom is -0.493 e. The maximum absolute atomic E-state index is 11.0. The number of hydrogen-bond donors (Lipinski definition) is 2. The SMILES string of the molecule is COc1cccc(CO)c1OCC(C)(C)C(=O)O. The van der Waals surface area contributed by atoms with Gasteiger partial charge in [0.25, 0.3) is 0 Å². The molecule has 0 heterocycles. The highest BCUT2D eigenvalue weighted by Gasteiger charge is 2.29. The number of hydrogen-bond acceptors (Lipinski definition) is 4. The van der Waals surface area contributed by atoms with Gasteiger partial charge >= 0.3 is 5.97 Å². The third-order valence-corrected chi connectivity index (χ3v) is 2.61. The summed E-state index contributed by atoms with van der Waals surface area (Å²) in [5.41, 5.74) is -0.441. The molecular weight excluding hydrogens is 236 g/mol. The summed E-state index contributed by atoms with van der Waals surface area (Å²) in [6.45, 7) is 2.95. The first-order valence-electron chi connectivity index (χ1n) is 5.55. The highest BCUT2D eigenvalue weighted by atomic mass is 16.5. The lowest BCUT2D eigenvalue weighted by atomic mass is 9.95. The van der Waals surface area contributed by atoms with E-state index in [1.54, 1.807) is 32.0 Å². The Balaban J connectivity index is 2.93. The first-order chi connectivity index (χ1) is 8.42. The summed E-state index contributed by atoms with van der Waals surface area (Å²) in [6, 6.07) is 5.13. The maximum atomic E-state index is 11.0. The largest absolute Gasteiger partial charge is 0.493 e. The number of para-hydroxylation sites is 1. The predicted octanol–water partition coefficient (Wildman–Crippen LogP) is 1.68. The van der Waals surface area contributed by atoms with Crippen LogP contribution in [0.25, 0.3) is 0 Å². The van der Waals surface area contributed by atoms with Crippen LogP contribution in [0.4, 0.5) is 0 Å². The lowest BCUT2D eigenvalue weighted by molar-refractivity contribution is -0.148. The zero-order valence-corrected chi connectivity index (χ0v) is 10.8. The molecule has 100 valence electrons. The van der Waals surface area contributed by atoms with Crippen molar-refractivity contribution in [2.45, 2.75) is 20.5 Å². The lowest BCUT2D eigenvalue weighted by Gasteiger charge is -2.21. The normalized spacial score (nSPS) is 11.1. The second-order valence-electron chi connectivity index (χ2n) is 4.58. The average Bonchev–Trinajstić information content (AvgIpc) is 2.35. The Morgan fingerprint density at radius 3 is 2.56 bits per heavy atom. The molecule has 0 saturated heterocycles. The first-order valence-corrected chi connectivity index (χ1v) is 5.55. The van der Waals surface area contributed by atoms with Crippen LogP contribution < -0.4 is 9.47 Å². The molecule has 0 fully saturated rings. The van der Waals surface area contributed by atoms with Crippen LogP contribution in [0.3, 0.4) is 0 Å². The zero-order chi connectivity index (χ0) is 13.8. The Morgan fingerprint density at radius 1 is 1.39 bits per heavy atom. The summed E-state index contributed by atoms with van der Waals surface area (Å²) in [5, 5.41) is 18.2. The number of carboxylic acids is 1. The van der Waals surface area contributed by atoms with Gasteiger partial charge in [0.15, 0.2) is 11.5 Å². The molecule has 18 heavy (non-hydrogen) atoms. The van der Waals surface area contributed by atoms with E-state index in [1.165, 1.54) is 7.11 Å². The van der Waals surface area contributed by atoms with E-state index >= 15 is 0 Å². The van der Waals surface area contributed by atoms with Crippen molar-refractivity contribution in [3.05, 3.63) is 23.8 Å². The molecule has 0 aliphatic rings. The van der Waals surface area contributed by atoms with E-state index in [0.29, 0.717) is 17.1 Å². The Labute approximate surface area is 106 Å². The van der Waals surface area contributed by atoms with Crippen molar-refractivity contribution >= 4 is 5.97 Å². The van der Waals surface area contributed by atoms with Crippen LogP contribution in [0.1, 0.15) is 19.4 Å². The van der Waals surface area contributed by atoms with Gasteiger partial charge in [-0.3, -0.25) is 4.79 Å².